The smallest absolute Gasteiger partial charge is 0.0474 e. The lowest BCUT2D eigenvalue weighted by Gasteiger charge is -2.46. The highest BCUT2D eigenvalue weighted by atomic mass is 16.5. The zero-order chi connectivity index (χ0) is 13.5. The second-order valence-electron chi connectivity index (χ2n) is 6.08. The van der Waals surface area contributed by atoms with Crippen LogP contribution in [0, 0.1) is 0 Å². The molecule has 0 aromatic carbocycles. The van der Waals surface area contributed by atoms with Gasteiger partial charge in [-0.25, -0.2) is 0 Å². The Balaban J connectivity index is 1.64. The summed E-state index contributed by atoms with van der Waals surface area (Å²) in [5.41, 5.74) is 0. The van der Waals surface area contributed by atoms with Gasteiger partial charge in [-0.05, 0) is 39.3 Å². The van der Waals surface area contributed by atoms with Gasteiger partial charge < -0.3 is 10.1 Å². The first kappa shape index (κ1) is 15.2. The Morgan fingerprint density at radius 2 is 2.16 bits per heavy atom. The first-order chi connectivity index (χ1) is 9.31. The van der Waals surface area contributed by atoms with E-state index in [1.807, 2.05) is 0 Å². The lowest BCUT2D eigenvalue weighted by Crippen LogP contribution is -2.58. The van der Waals surface area contributed by atoms with Crippen LogP contribution in [-0.2, 0) is 4.74 Å². The van der Waals surface area contributed by atoms with E-state index in [2.05, 4.69) is 22.0 Å². The standard InChI is InChI=1S/C15H31N3O/c1-14(12-16-7-5-11-19-2)18-10-9-17-8-4-3-6-15(17)13-18/h14-16H,3-13H2,1-2H3. The van der Waals surface area contributed by atoms with Gasteiger partial charge in [0.2, 0.25) is 0 Å². The van der Waals surface area contributed by atoms with Crippen LogP contribution in [-0.4, -0.2) is 74.9 Å². The second-order valence-corrected chi connectivity index (χ2v) is 6.08. The van der Waals surface area contributed by atoms with E-state index >= 15 is 0 Å². The fourth-order valence-electron chi connectivity index (χ4n) is 3.36. The molecule has 2 atom stereocenters. The number of piperidine rings is 1. The van der Waals surface area contributed by atoms with Crippen LogP contribution in [0.1, 0.15) is 32.6 Å². The molecule has 0 aromatic heterocycles. The fraction of sp³-hybridized carbons (Fsp3) is 1.00. The van der Waals surface area contributed by atoms with Crippen LogP contribution in [0.2, 0.25) is 0 Å². The lowest BCUT2D eigenvalue weighted by atomic mass is 9.99. The van der Waals surface area contributed by atoms with Gasteiger partial charge in [0.15, 0.2) is 0 Å². The third-order valence-corrected chi connectivity index (χ3v) is 4.63. The Hall–Kier alpha value is -0.160. The van der Waals surface area contributed by atoms with Crippen molar-refractivity contribution in [2.24, 2.45) is 0 Å². The van der Waals surface area contributed by atoms with Gasteiger partial charge in [-0.15, -0.1) is 0 Å². The van der Waals surface area contributed by atoms with Gasteiger partial charge in [-0.3, -0.25) is 9.80 Å². The number of fused-ring (bicyclic) bond motifs is 1. The summed E-state index contributed by atoms with van der Waals surface area (Å²) in [5, 5.41) is 3.55. The molecule has 4 nitrogen and oxygen atoms in total. The monoisotopic (exact) mass is 269 g/mol. The molecule has 2 heterocycles. The van der Waals surface area contributed by atoms with Crippen LogP contribution < -0.4 is 5.32 Å². The SMILES string of the molecule is COCCCNCC(C)N1CCN2CCCCC2C1. The molecule has 0 saturated carbocycles. The van der Waals surface area contributed by atoms with E-state index in [0.29, 0.717) is 6.04 Å². The summed E-state index contributed by atoms with van der Waals surface area (Å²) in [4.78, 5) is 5.38. The minimum absolute atomic E-state index is 0.659. The molecule has 4 heteroatoms. The van der Waals surface area contributed by atoms with Crippen molar-refractivity contribution in [1.29, 1.82) is 0 Å². The molecular weight excluding hydrogens is 238 g/mol. The summed E-state index contributed by atoms with van der Waals surface area (Å²) >= 11 is 0. The minimum atomic E-state index is 0.659. The van der Waals surface area contributed by atoms with Crippen molar-refractivity contribution >= 4 is 0 Å². The number of hydrogen-bond donors (Lipinski definition) is 1. The Kier molecular flexibility index (Phi) is 6.57. The molecular formula is C15H31N3O. The number of piperazine rings is 1. The molecule has 2 aliphatic rings. The summed E-state index contributed by atoms with van der Waals surface area (Å²) in [5.74, 6) is 0. The predicted octanol–water partition coefficient (Wildman–Crippen LogP) is 1.17. The van der Waals surface area contributed by atoms with Crippen molar-refractivity contribution in [3.63, 3.8) is 0 Å². The van der Waals surface area contributed by atoms with E-state index in [9.17, 15) is 0 Å². The van der Waals surface area contributed by atoms with Gasteiger partial charge >= 0.3 is 0 Å². The van der Waals surface area contributed by atoms with Crippen molar-refractivity contribution in [2.75, 3.05) is 53.0 Å². The number of nitrogens with zero attached hydrogens (tertiary/aromatic N) is 2. The van der Waals surface area contributed by atoms with Gasteiger partial charge in [-0.1, -0.05) is 6.42 Å². The number of hydrogen-bond acceptors (Lipinski definition) is 4. The number of methoxy groups -OCH3 is 1. The van der Waals surface area contributed by atoms with E-state index in [1.165, 1.54) is 45.4 Å². The zero-order valence-corrected chi connectivity index (χ0v) is 12.7. The van der Waals surface area contributed by atoms with E-state index in [1.54, 1.807) is 7.11 Å². The molecule has 2 unspecified atom stereocenters. The molecule has 0 radical (unpaired) electrons. The molecule has 2 saturated heterocycles. The molecule has 0 aromatic rings. The largest absolute Gasteiger partial charge is 0.385 e. The molecule has 1 N–H and O–H groups in total. The first-order valence-corrected chi connectivity index (χ1v) is 7.99. The van der Waals surface area contributed by atoms with Crippen molar-refractivity contribution in [2.45, 2.75) is 44.7 Å². The average Bonchev–Trinajstić information content (AvgIpc) is 2.46. The number of nitrogens with one attached hydrogen (secondary N) is 1. The summed E-state index contributed by atoms with van der Waals surface area (Å²) < 4.78 is 5.07. The van der Waals surface area contributed by atoms with E-state index in [0.717, 1.165) is 32.2 Å². The number of rotatable bonds is 7. The Labute approximate surface area is 118 Å². The highest BCUT2D eigenvalue weighted by Crippen LogP contribution is 2.21. The molecule has 2 rings (SSSR count). The molecule has 0 spiro atoms. The van der Waals surface area contributed by atoms with Crippen LogP contribution in [0.25, 0.3) is 0 Å². The molecule has 19 heavy (non-hydrogen) atoms. The molecule has 0 aliphatic carbocycles. The van der Waals surface area contributed by atoms with Crippen LogP contribution in [0.5, 0.6) is 0 Å². The van der Waals surface area contributed by atoms with Crippen molar-refractivity contribution in [1.82, 2.24) is 15.1 Å². The summed E-state index contributed by atoms with van der Waals surface area (Å²) in [6.45, 7) is 10.5. The maximum atomic E-state index is 5.07. The highest BCUT2D eigenvalue weighted by Gasteiger charge is 2.30. The normalized spacial score (nSPS) is 27.2. The Morgan fingerprint density at radius 3 is 3.00 bits per heavy atom. The van der Waals surface area contributed by atoms with Crippen molar-refractivity contribution in [3.05, 3.63) is 0 Å². The summed E-state index contributed by atoms with van der Waals surface area (Å²) in [7, 11) is 1.77. The zero-order valence-electron chi connectivity index (χ0n) is 12.7. The van der Waals surface area contributed by atoms with Gasteiger partial charge in [0.05, 0.1) is 0 Å². The summed E-state index contributed by atoms with van der Waals surface area (Å²) in [6, 6.07) is 1.49. The van der Waals surface area contributed by atoms with Crippen LogP contribution in [0.4, 0.5) is 0 Å². The molecule has 0 amide bonds. The van der Waals surface area contributed by atoms with Gasteiger partial charge in [0.1, 0.15) is 0 Å². The van der Waals surface area contributed by atoms with Crippen molar-refractivity contribution < 1.29 is 4.74 Å². The fourth-order valence-corrected chi connectivity index (χ4v) is 3.36. The van der Waals surface area contributed by atoms with E-state index in [4.69, 9.17) is 4.74 Å². The van der Waals surface area contributed by atoms with Crippen LogP contribution in [0.15, 0.2) is 0 Å². The van der Waals surface area contributed by atoms with Gasteiger partial charge in [0.25, 0.3) is 0 Å². The summed E-state index contributed by atoms with van der Waals surface area (Å²) in [6.07, 6.45) is 5.36. The predicted molar refractivity (Wildman–Crippen MR) is 79.6 cm³/mol. The Bertz CT molecular complexity index is 250. The van der Waals surface area contributed by atoms with Gasteiger partial charge in [-0.2, -0.15) is 0 Å². The average molecular weight is 269 g/mol. The van der Waals surface area contributed by atoms with Gasteiger partial charge in [0, 0.05) is 52.0 Å². The second kappa shape index (κ2) is 8.20. The first-order valence-electron chi connectivity index (χ1n) is 7.99. The third kappa shape index (κ3) is 4.71. The van der Waals surface area contributed by atoms with E-state index < -0.39 is 0 Å². The van der Waals surface area contributed by atoms with Crippen molar-refractivity contribution in [3.8, 4) is 0 Å². The quantitative estimate of drug-likeness (QED) is 0.702. The molecule has 0 bridgehead atoms. The lowest BCUT2D eigenvalue weighted by molar-refractivity contribution is 0.0311. The van der Waals surface area contributed by atoms with Crippen LogP contribution >= 0.6 is 0 Å². The van der Waals surface area contributed by atoms with E-state index in [-0.39, 0.29) is 0 Å². The maximum absolute atomic E-state index is 5.07. The third-order valence-electron chi connectivity index (χ3n) is 4.63. The van der Waals surface area contributed by atoms with Crippen LogP contribution in [0.3, 0.4) is 0 Å². The Morgan fingerprint density at radius 1 is 1.26 bits per heavy atom. The topological polar surface area (TPSA) is 27.7 Å². The maximum Gasteiger partial charge on any atom is 0.0474 e. The minimum Gasteiger partial charge on any atom is -0.385 e. The molecule has 112 valence electrons. The molecule has 2 aliphatic heterocycles. The number of ether oxygens (including phenoxy) is 1. The molecule has 2 fully saturated rings. The highest BCUT2D eigenvalue weighted by molar-refractivity contribution is 4.87.